The van der Waals surface area contributed by atoms with E-state index in [-0.39, 0.29) is 35.6 Å². The van der Waals surface area contributed by atoms with Crippen LogP contribution < -0.4 is 24.8 Å². The minimum atomic E-state index is 0. The van der Waals surface area contributed by atoms with E-state index in [1.165, 1.54) is 88.6 Å². The fourth-order valence-electron chi connectivity index (χ4n) is 5.98. The van der Waals surface area contributed by atoms with E-state index in [9.17, 15) is 0 Å². The van der Waals surface area contributed by atoms with Gasteiger partial charge in [-0.15, -0.1) is 23.8 Å². The quantitative estimate of drug-likeness (QED) is 0.165. The van der Waals surface area contributed by atoms with Gasteiger partial charge in [0.25, 0.3) is 0 Å². The van der Waals surface area contributed by atoms with Gasteiger partial charge in [0.1, 0.15) is 0 Å². The van der Waals surface area contributed by atoms with E-state index in [1.807, 2.05) is 18.2 Å². The molecule has 0 fully saturated rings. The summed E-state index contributed by atoms with van der Waals surface area (Å²) in [5.41, 5.74) is 16.7. The summed E-state index contributed by atoms with van der Waals surface area (Å²) < 4.78 is 1.42. The van der Waals surface area contributed by atoms with Gasteiger partial charge in [0.15, 0.2) is 0 Å². The van der Waals surface area contributed by atoms with Crippen molar-refractivity contribution in [2.75, 3.05) is 0 Å². The number of benzene rings is 4. The van der Waals surface area contributed by atoms with E-state index >= 15 is 0 Å². The zero-order valence-electron chi connectivity index (χ0n) is 33.0. The first kappa shape index (κ1) is 45.2. The molecule has 0 bridgehead atoms. The Balaban J connectivity index is 0.000000279. The van der Waals surface area contributed by atoms with Gasteiger partial charge in [0.05, 0.1) is 0 Å². The van der Waals surface area contributed by atoms with Crippen LogP contribution in [0.2, 0.25) is 0 Å². The van der Waals surface area contributed by atoms with E-state index in [4.69, 9.17) is 0 Å². The second kappa shape index (κ2) is 18.9. The topological polar surface area (TPSA) is 0 Å². The summed E-state index contributed by atoms with van der Waals surface area (Å²) in [6, 6.07) is 39.0. The zero-order valence-corrected chi connectivity index (χ0v) is 36.9. The summed E-state index contributed by atoms with van der Waals surface area (Å²) in [6.45, 7) is 30.1. The van der Waals surface area contributed by atoms with E-state index in [1.54, 1.807) is 0 Å². The number of hydrogen-bond acceptors (Lipinski definition) is 0. The van der Waals surface area contributed by atoms with Crippen molar-refractivity contribution in [3.63, 3.8) is 0 Å². The number of aryl methyl sites for hydroxylation is 1. The first-order valence-electron chi connectivity index (χ1n) is 17.9. The minimum absolute atomic E-state index is 0. The van der Waals surface area contributed by atoms with Crippen molar-refractivity contribution >= 4 is 15.4 Å². The maximum absolute atomic E-state index is 3.82. The van der Waals surface area contributed by atoms with Crippen LogP contribution in [0.1, 0.15) is 125 Å². The van der Waals surface area contributed by atoms with Crippen LogP contribution in [0.5, 0.6) is 0 Å². The number of fused-ring (bicyclic) bond motifs is 3. The molecule has 0 nitrogen and oxygen atoms in total. The Labute approximate surface area is 343 Å². The number of rotatable bonds is 5. The van der Waals surface area contributed by atoms with Crippen LogP contribution >= 0.6 is 0 Å². The van der Waals surface area contributed by atoms with Gasteiger partial charge in [-0.1, -0.05) is 81.5 Å². The standard InChI is InChI=1S/C21H26.C17H13.C11H17.2ClH.Zr/c1-20(2,3)18-11-7-16(8-12-18)15-17-9-13-19(14-10-17)21(4,5)6;1-3-12-5-7-14-11-15-8-6-13(4-2)10-17(15)16(14)9-12;1-5-9-6-7-10(8-9)11(2,3)4;;;/h7-14H,1-6H3;3-7,9-10H,1-2,11H2;6-8H,5H2,1-4H3;2*1H;/q;2*-1;;;+2/p-2. The molecule has 0 saturated heterocycles. The summed E-state index contributed by atoms with van der Waals surface area (Å²) in [7, 11) is 0. The molecule has 6 rings (SSSR count). The Morgan fingerprint density at radius 2 is 1.15 bits per heavy atom. The molecule has 5 aromatic rings. The Hall–Kier alpha value is -2.96. The summed E-state index contributed by atoms with van der Waals surface area (Å²) in [5.74, 6) is 0. The van der Waals surface area contributed by atoms with Crippen LogP contribution in [0, 0.1) is 6.07 Å². The van der Waals surface area contributed by atoms with Crippen molar-refractivity contribution in [3.05, 3.63) is 172 Å². The van der Waals surface area contributed by atoms with Gasteiger partial charge in [-0.25, -0.2) is 6.07 Å². The molecule has 0 radical (unpaired) electrons. The maximum atomic E-state index is 3.82. The predicted molar refractivity (Wildman–Crippen MR) is 217 cm³/mol. The Kier molecular flexibility index (Phi) is 16.4. The van der Waals surface area contributed by atoms with Gasteiger partial charge < -0.3 is 24.8 Å². The molecular weight excluding hydrogens is 751 g/mol. The smallest absolute Gasteiger partial charge is 0.0543 e. The van der Waals surface area contributed by atoms with Gasteiger partial charge in [-0.3, -0.25) is 0 Å². The fourth-order valence-corrected chi connectivity index (χ4v) is 6.80. The van der Waals surface area contributed by atoms with Gasteiger partial charge in [-0.05, 0) is 12.0 Å². The molecule has 0 amide bonds. The Morgan fingerprint density at radius 1 is 0.673 bits per heavy atom. The van der Waals surface area contributed by atoms with E-state index in [0.717, 1.165) is 18.4 Å². The van der Waals surface area contributed by atoms with Crippen LogP contribution in [0.3, 0.4) is 0 Å². The molecular formula is C49H56Cl2Zr-2. The molecule has 0 saturated carbocycles. The second-order valence-electron chi connectivity index (χ2n) is 16.5. The van der Waals surface area contributed by atoms with Crippen LogP contribution in [-0.4, -0.2) is 3.21 Å². The van der Waals surface area contributed by atoms with Crippen molar-refractivity contribution in [2.24, 2.45) is 0 Å². The van der Waals surface area contributed by atoms with Crippen molar-refractivity contribution in [3.8, 4) is 11.1 Å². The van der Waals surface area contributed by atoms with Crippen molar-refractivity contribution in [1.29, 1.82) is 0 Å². The van der Waals surface area contributed by atoms with Crippen molar-refractivity contribution in [2.45, 2.75) is 98.3 Å². The third kappa shape index (κ3) is 11.8. The molecule has 52 heavy (non-hydrogen) atoms. The molecule has 0 unspecified atom stereocenters. The predicted octanol–water partition coefficient (Wildman–Crippen LogP) is 7.01. The Bertz CT molecular complexity index is 1820. The first-order chi connectivity index (χ1) is 23.4. The van der Waals surface area contributed by atoms with E-state index in [2.05, 4.69) is 179 Å². The first-order valence-corrected chi connectivity index (χ1v) is 19.2. The minimum Gasteiger partial charge on any atom is -1.00 e. The second-order valence-corrected chi connectivity index (χ2v) is 17.7. The van der Waals surface area contributed by atoms with Gasteiger partial charge in [-0.2, -0.15) is 47.0 Å². The van der Waals surface area contributed by atoms with Crippen molar-refractivity contribution in [1.82, 2.24) is 0 Å². The molecule has 0 aliphatic heterocycles. The summed E-state index contributed by atoms with van der Waals surface area (Å²) >= 11 is 1.46. The van der Waals surface area contributed by atoms with Crippen LogP contribution in [0.15, 0.2) is 110 Å². The SMILES string of the molecule is C=Cc1c[c-]c2c(c1)-c1cc(C=C)ccc1C2.CC(C)(C)c1ccc([C](=[Zr+2])c2ccc(C(C)(C)C)cc2)cc1.CCc1cc(C(C)(C)C)c[cH-]1.[Cl-].[Cl-]. The third-order valence-electron chi connectivity index (χ3n) is 9.48. The van der Waals surface area contributed by atoms with E-state index in [0.29, 0.717) is 5.41 Å². The van der Waals surface area contributed by atoms with Crippen LogP contribution in [0.25, 0.3) is 23.3 Å². The number of halogens is 2. The average molecular weight is 807 g/mol. The molecule has 0 spiro atoms. The monoisotopic (exact) mass is 804 g/mol. The maximum Gasteiger partial charge on any atom is -0.0543 e. The molecule has 5 aromatic carbocycles. The van der Waals surface area contributed by atoms with Crippen molar-refractivity contribution < 1.29 is 49.0 Å². The molecule has 272 valence electrons. The summed E-state index contributed by atoms with van der Waals surface area (Å²) in [6.07, 6.45) is 5.89. The Morgan fingerprint density at radius 3 is 1.56 bits per heavy atom. The van der Waals surface area contributed by atoms with Crippen LogP contribution in [-0.2, 0) is 53.3 Å². The zero-order chi connectivity index (χ0) is 36.9. The summed E-state index contributed by atoms with van der Waals surface area (Å²) in [4.78, 5) is 0. The molecule has 0 heterocycles. The normalized spacial score (nSPS) is 11.6. The molecule has 1 aliphatic carbocycles. The van der Waals surface area contributed by atoms with Gasteiger partial charge in [0.2, 0.25) is 0 Å². The summed E-state index contributed by atoms with van der Waals surface area (Å²) in [5, 5.41) is 0. The fraction of sp³-hybridized carbons (Fsp3) is 0.306. The van der Waals surface area contributed by atoms with Gasteiger partial charge >= 0.3 is 151 Å². The molecule has 1 aliphatic rings. The van der Waals surface area contributed by atoms with Gasteiger partial charge in [0, 0.05) is 0 Å². The average Bonchev–Trinajstić information content (AvgIpc) is 3.73. The molecule has 3 heteroatoms. The third-order valence-corrected chi connectivity index (χ3v) is 10.9. The largest absolute Gasteiger partial charge is 1.00 e. The van der Waals surface area contributed by atoms with Crippen LogP contribution in [0.4, 0.5) is 0 Å². The molecule has 0 aromatic heterocycles. The molecule has 0 atom stereocenters. The number of hydrogen-bond donors (Lipinski definition) is 0. The molecule has 0 N–H and O–H groups in total. The van der Waals surface area contributed by atoms with E-state index < -0.39 is 0 Å².